The first-order valence-electron chi connectivity index (χ1n) is 7.13. The molecule has 0 radical (unpaired) electrons. The van der Waals surface area contributed by atoms with Gasteiger partial charge in [0, 0.05) is 21.3 Å². The lowest BCUT2D eigenvalue weighted by atomic mass is 9.90. The molecule has 0 aliphatic rings. The predicted molar refractivity (Wildman–Crippen MR) is 96.7 cm³/mol. The molecule has 3 nitrogen and oxygen atoms in total. The molecule has 1 heterocycles. The number of rotatable bonds is 2. The summed E-state index contributed by atoms with van der Waals surface area (Å²) >= 11 is 3.49. The minimum atomic E-state index is 0.264. The van der Waals surface area contributed by atoms with Crippen LogP contribution in [0.1, 0.15) is 11.3 Å². The highest BCUT2D eigenvalue weighted by molar-refractivity contribution is 9.10. The Morgan fingerprint density at radius 3 is 2.35 bits per heavy atom. The van der Waals surface area contributed by atoms with Crippen LogP contribution < -0.4 is 5.73 Å². The van der Waals surface area contributed by atoms with Crippen molar-refractivity contribution < 1.29 is 0 Å². The lowest BCUT2D eigenvalue weighted by Gasteiger charge is -2.16. The van der Waals surface area contributed by atoms with Crippen LogP contribution in [0.25, 0.3) is 22.3 Å². The Labute approximate surface area is 143 Å². The molecule has 3 rings (SSSR count). The maximum Gasteiger partial charge on any atom is 0.142 e. The topological polar surface area (TPSA) is 62.7 Å². The monoisotopic (exact) mass is 363 g/mol. The van der Waals surface area contributed by atoms with E-state index in [4.69, 9.17) is 5.73 Å². The van der Waals surface area contributed by atoms with Crippen LogP contribution in [0, 0.1) is 18.3 Å². The molecule has 1 aromatic heterocycles. The van der Waals surface area contributed by atoms with Gasteiger partial charge in [-0.1, -0.05) is 58.4 Å². The first kappa shape index (κ1) is 15.3. The average molecular weight is 364 g/mol. The Hall–Kier alpha value is -2.64. The smallest absolute Gasteiger partial charge is 0.142 e. The molecule has 0 unspecified atom stereocenters. The molecule has 4 heteroatoms. The predicted octanol–water partition coefficient (Wildman–Crippen LogP) is 4.94. The summed E-state index contributed by atoms with van der Waals surface area (Å²) in [6.45, 7) is 1.92. The molecular formula is C19H14BrN3. The lowest BCUT2D eigenvalue weighted by molar-refractivity contribution is 1.20. The fourth-order valence-electron chi connectivity index (χ4n) is 2.73. The number of benzene rings is 2. The van der Waals surface area contributed by atoms with Gasteiger partial charge in [-0.15, -0.1) is 0 Å². The van der Waals surface area contributed by atoms with Crippen molar-refractivity contribution in [3.8, 4) is 28.3 Å². The maximum atomic E-state index is 9.61. The van der Waals surface area contributed by atoms with Crippen LogP contribution in [0.15, 0.2) is 59.1 Å². The minimum absolute atomic E-state index is 0.264. The number of nitrogens with two attached hydrogens (primary N) is 1. The van der Waals surface area contributed by atoms with Crippen molar-refractivity contribution in [1.82, 2.24) is 4.98 Å². The van der Waals surface area contributed by atoms with E-state index in [1.165, 1.54) is 0 Å². The van der Waals surface area contributed by atoms with E-state index in [0.29, 0.717) is 5.56 Å². The van der Waals surface area contributed by atoms with Crippen molar-refractivity contribution in [2.75, 3.05) is 5.73 Å². The fourth-order valence-corrected chi connectivity index (χ4v) is 3.13. The maximum absolute atomic E-state index is 9.61. The van der Waals surface area contributed by atoms with Gasteiger partial charge in [0.1, 0.15) is 17.5 Å². The van der Waals surface area contributed by atoms with Gasteiger partial charge >= 0.3 is 0 Å². The Morgan fingerprint density at radius 1 is 1.00 bits per heavy atom. The first-order chi connectivity index (χ1) is 11.1. The number of aromatic nitrogens is 1. The van der Waals surface area contributed by atoms with Crippen LogP contribution in [0.5, 0.6) is 0 Å². The Bertz CT molecular complexity index is 912. The summed E-state index contributed by atoms with van der Waals surface area (Å²) in [5, 5.41) is 9.61. The Morgan fingerprint density at radius 2 is 1.70 bits per heavy atom. The van der Waals surface area contributed by atoms with Gasteiger partial charge in [0.25, 0.3) is 0 Å². The highest BCUT2D eigenvalue weighted by Crippen LogP contribution is 2.39. The molecule has 2 aromatic carbocycles. The second-order valence-corrected chi connectivity index (χ2v) is 6.11. The summed E-state index contributed by atoms with van der Waals surface area (Å²) in [6.07, 6.45) is 0. The third kappa shape index (κ3) is 2.84. The van der Waals surface area contributed by atoms with E-state index in [0.717, 1.165) is 32.4 Å². The lowest BCUT2D eigenvalue weighted by Crippen LogP contribution is -2.03. The SMILES string of the molecule is Cc1nc(N)c(C#N)c(-c2cccc(Br)c2)c1-c1ccccc1. The quantitative estimate of drug-likeness (QED) is 0.701. The number of nitrogen functional groups attached to an aromatic ring is 1. The molecule has 0 spiro atoms. The van der Waals surface area contributed by atoms with Crippen LogP contribution in [0.3, 0.4) is 0 Å². The Kier molecular flexibility index (Phi) is 4.14. The molecule has 0 saturated heterocycles. The number of nitrogens with zero attached hydrogens (tertiary/aromatic N) is 2. The van der Waals surface area contributed by atoms with E-state index in [-0.39, 0.29) is 5.82 Å². The molecule has 0 saturated carbocycles. The number of nitriles is 1. The second kappa shape index (κ2) is 6.23. The van der Waals surface area contributed by atoms with Gasteiger partial charge in [-0.25, -0.2) is 4.98 Å². The highest BCUT2D eigenvalue weighted by Gasteiger charge is 2.19. The summed E-state index contributed by atoms with van der Waals surface area (Å²) < 4.78 is 0.950. The first-order valence-corrected chi connectivity index (χ1v) is 7.92. The van der Waals surface area contributed by atoms with Crippen LogP contribution in [-0.2, 0) is 0 Å². The van der Waals surface area contributed by atoms with Crippen molar-refractivity contribution in [3.63, 3.8) is 0 Å². The summed E-state index contributed by atoms with van der Waals surface area (Å²) in [4.78, 5) is 4.37. The number of aryl methyl sites for hydroxylation is 1. The summed E-state index contributed by atoms with van der Waals surface area (Å²) in [5.41, 5.74) is 10.9. The average Bonchev–Trinajstić information content (AvgIpc) is 2.55. The molecular weight excluding hydrogens is 350 g/mol. The zero-order valence-corrected chi connectivity index (χ0v) is 14.1. The van der Waals surface area contributed by atoms with Gasteiger partial charge in [-0.3, -0.25) is 0 Å². The number of pyridine rings is 1. The normalized spacial score (nSPS) is 10.3. The van der Waals surface area contributed by atoms with Crippen molar-refractivity contribution in [1.29, 1.82) is 5.26 Å². The summed E-state index contributed by atoms with van der Waals surface area (Å²) in [6, 6.07) is 20.0. The third-order valence-electron chi connectivity index (χ3n) is 3.69. The van der Waals surface area contributed by atoms with E-state index < -0.39 is 0 Å². The molecule has 2 N–H and O–H groups in total. The van der Waals surface area contributed by atoms with Gasteiger partial charge < -0.3 is 5.73 Å². The van der Waals surface area contributed by atoms with Crippen molar-refractivity contribution in [2.45, 2.75) is 6.92 Å². The zero-order chi connectivity index (χ0) is 16.4. The molecule has 0 bridgehead atoms. The minimum Gasteiger partial charge on any atom is -0.383 e. The fraction of sp³-hybridized carbons (Fsp3) is 0.0526. The summed E-state index contributed by atoms with van der Waals surface area (Å²) in [7, 11) is 0. The number of hydrogen-bond acceptors (Lipinski definition) is 3. The number of anilines is 1. The van der Waals surface area contributed by atoms with Crippen LogP contribution in [0.4, 0.5) is 5.82 Å². The van der Waals surface area contributed by atoms with Crippen molar-refractivity contribution in [3.05, 3.63) is 70.3 Å². The van der Waals surface area contributed by atoms with Crippen molar-refractivity contribution >= 4 is 21.7 Å². The van der Waals surface area contributed by atoms with Gasteiger partial charge in [0.2, 0.25) is 0 Å². The van der Waals surface area contributed by atoms with Crippen molar-refractivity contribution in [2.24, 2.45) is 0 Å². The molecule has 112 valence electrons. The zero-order valence-electron chi connectivity index (χ0n) is 12.5. The molecule has 0 aliphatic heterocycles. The standard InChI is InChI=1S/C19H14BrN3/c1-12-17(13-6-3-2-4-7-13)18(16(11-21)19(22)23-12)14-8-5-9-15(20)10-14/h2-10H,1H3,(H2,22,23). The largest absolute Gasteiger partial charge is 0.383 e. The van der Waals surface area contributed by atoms with Crippen LogP contribution in [0.2, 0.25) is 0 Å². The van der Waals surface area contributed by atoms with E-state index in [1.54, 1.807) is 0 Å². The summed E-state index contributed by atoms with van der Waals surface area (Å²) in [5.74, 6) is 0.264. The van der Waals surface area contributed by atoms with E-state index in [2.05, 4.69) is 27.0 Å². The third-order valence-corrected chi connectivity index (χ3v) is 4.19. The van der Waals surface area contributed by atoms with Crippen LogP contribution in [-0.4, -0.2) is 4.98 Å². The molecule has 0 amide bonds. The number of hydrogen-bond donors (Lipinski definition) is 1. The van der Waals surface area contributed by atoms with Crippen LogP contribution >= 0.6 is 15.9 Å². The van der Waals surface area contributed by atoms with Gasteiger partial charge in [-0.05, 0) is 30.2 Å². The van der Waals surface area contributed by atoms with E-state index in [9.17, 15) is 5.26 Å². The molecule has 0 aliphatic carbocycles. The molecule has 23 heavy (non-hydrogen) atoms. The van der Waals surface area contributed by atoms with E-state index in [1.807, 2.05) is 61.5 Å². The van der Waals surface area contributed by atoms with Gasteiger partial charge in [0.15, 0.2) is 0 Å². The molecule has 0 fully saturated rings. The second-order valence-electron chi connectivity index (χ2n) is 5.20. The number of halogens is 1. The van der Waals surface area contributed by atoms with Gasteiger partial charge in [0.05, 0.1) is 0 Å². The molecule has 0 atom stereocenters. The van der Waals surface area contributed by atoms with Gasteiger partial charge in [-0.2, -0.15) is 5.26 Å². The molecule has 3 aromatic rings. The Balaban J connectivity index is 2.43. The van der Waals surface area contributed by atoms with E-state index >= 15 is 0 Å². The highest BCUT2D eigenvalue weighted by atomic mass is 79.9.